The normalized spacial score (nSPS) is 12.7. The van der Waals surface area contributed by atoms with Crippen molar-refractivity contribution in [1.82, 2.24) is 10.5 Å². The Morgan fingerprint density at radius 1 is 1.39 bits per heavy atom. The number of hydrogen-bond donors (Lipinski definition) is 1. The van der Waals surface area contributed by atoms with E-state index in [1.807, 2.05) is 6.92 Å². The monoisotopic (exact) mass is 288 g/mol. The van der Waals surface area contributed by atoms with E-state index in [4.69, 9.17) is 27.7 Å². The number of aromatic nitrogens is 1. The largest absolute Gasteiger partial charge is 0.360 e. The molecule has 0 aliphatic carbocycles. The third-order valence-corrected chi connectivity index (χ3v) is 3.20. The van der Waals surface area contributed by atoms with Crippen molar-refractivity contribution >= 4 is 23.2 Å². The molecule has 0 saturated carbocycles. The molecule has 1 aromatic heterocycles. The van der Waals surface area contributed by atoms with Gasteiger partial charge >= 0.3 is 0 Å². The summed E-state index contributed by atoms with van der Waals surface area (Å²) in [5.74, 6) is 0.219. The van der Waals surface area contributed by atoms with E-state index in [9.17, 15) is 4.39 Å². The molecule has 6 heteroatoms. The average molecular weight is 289 g/mol. The Balaban J connectivity index is 2.09. The van der Waals surface area contributed by atoms with E-state index >= 15 is 0 Å². The maximum absolute atomic E-state index is 13.4. The molecule has 18 heavy (non-hydrogen) atoms. The van der Waals surface area contributed by atoms with E-state index < -0.39 is 5.82 Å². The number of nitrogens with zero attached hydrogens (tertiary/aromatic N) is 1. The number of hydrogen-bond acceptors (Lipinski definition) is 3. The van der Waals surface area contributed by atoms with Gasteiger partial charge in [-0.25, -0.2) is 4.39 Å². The molecule has 1 unspecified atom stereocenters. The molecule has 1 N–H and O–H groups in total. The minimum atomic E-state index is -0.482. The van der Waals surface area contributed by atoms with Crippen LogP contribution in [0.15, 0.2) is 28.9 Å². The van der Waals surface area contributed by atoms with Gasteiger partial charge in [-0.3, -0.25) is 0 Å². The van der Waals surface area contributed by atoms with E-state index in [-0.39, 0.29) is 11.1 Å². The Morgan fingerprint density at radius 3 is 2.83 bits per heavy atom. The van der Waals surface area contributed by atoms with E-state index in [0.29, 0.717) is 22.9 Å². The molecule has 0 aliphatic rings. The maximum Gasteiger partial charge on any atom is 0.150 e. The summed E-state index contributed by atoms with van der Waals surface area (Å²) in [7, 11) is 0. The molecule has 2 aromatic rings. The third-order valence-electron chi connectivity index (χ3n) is 2.58. The van der Waals surface area contributed by atoms with Crippen LogP contribution in [0, 0.1) is 5.82 Å². The first kappa shape index (κ1) is 13.3. The molecule has 0 radical (unpaired) electrons. The number of benzene rings is 1. The van der Waals surface area contributed by atoms with Gasteiger partial charge in [-0.15, -0.1) is 0 Å². The van der Waals surface area contributed by atoms with Crippen LogP contribution in [-0.2, 0) is 6.54 Å². The third kappa shape index (κ3) is 3.02. The molecular formula is C12H11Cl2FN2O. The van der Waals surface area contributed by atoms with Crippen LogP contribution in [0.3, 0.4) is 0 Å². The Bertz CT molecular complexity index is 531. The zero-order chi connectivity index (χ0) is 13.1. The van der Waals surface area contributed by atoms with E-state index in [1.54, 1.807) is 12.3 Å². The highest BCUT2D eigenvalue weighted by Crippen LogP contribution is 2.28. The number of halogens is 3. The molecule has 1 atom stereocenters. The molecule has 0 amide bonds. The van der Waals surface area contributed by atoms with Crippen molar-refractivity contribution in [3.05, 3.63) is 51.6 Å². The van der Waals surface area contributed by atoms with Gasteiger partial charge in [-0.2, -0.15) is 0 Å². The van der Waals surface area contributed by atoms with Crippen molar-refractivity contribution in [3.8, 4) is 0 Å². The molecular weight excluding hydrogens is 278 g/mol. The van der Waals surface area contributed by atoms with E-state index in [0.717, 1.165) is 0 Å². The van der Waals surface area contributed by atoms with Crippen LogP contribution >= 0.6 is 23.2 Å². The highest BCUT2D eigenvalue weighted by molar-refractivity contribution is 6.35. The minimum Gasteiger partial charge on any atom is -0.360 e. The van der Waals surface area contributed by atoms with Crippen LogP contribution in [0.25, 0.3) is 0 Å². The molecule has 1 aromatic carbocycles. The van der Waals surface area contributed by atoms with Gasteiger partial charge in [0.15, 0.2) is 0 Å². The van der Waals surface area contributed by atoms with Gasteiger partial charge < -0.3 is 9.84 Å². The molecule has 96 valence electrons. The Hall–Kier alpha value is -1.10. The second-order valence-electron chi connectivity index (χ2n) is 3.87. The predicted octanol–water partition coefficient (Wildman–Crippen LogP) is 3.97. The zero-order valence-corrected chi connectivity index (χ0v) is 11.1. The van der Waals surface area contributed by atoms with Crippen molar-refractivity contribution < 1.29 is 8.91 Å². The molecule has 0 spiro atoms. The van der Waals surface area contributed by atoms with Crippen molar-refractivity contribution in [3.63, 3.8) is 0 Å². The first-order valence-corrected chi connectivity index (χ1v) is 6.11. The molecule has 2 rings (SSSR count). The number of rotatable bonds is 4. The van der Waals surface area contributed by atoms with Crippen LogP contribution < -0.4 is 5.32 Å². The fourth-order valence-electron chi connectivity index (χ4n) is 1.57. The average Bonchev–Trinajstić information content (AvgIpc) is 2.84. The first-order chi connectivity index (χ1) is 8.58. The highest BCUT2D eigenvalue weighted by Gasteiger charge is 2.13. The predicted molar refractivity (Wildman–Crippen MR) is 68.2 cm³/mol. The number of nitrogens with one attached hydrogen (secondary N) is 1. The lowest BCUT2D eigenvalue weighted by molar-refractivity contribution is 0.366. The molecule has 3 nitrogen and oxygen atoms in total. The lowest BCUT2D eigenvalue weighted by Crippen LogP contribution is -2.18. The summed E-state index contributed by atoms with van der Waals surface area (Å²) in [5.41, 5.74) is 0.651. The molecule has 0 bridgehead atoms. The summed E-state index contributed by atoms with van der Waals surface area (Å²) < 4.78 is 18.3. The fraction of sp³-hybridized carbons (Fsp3) is 0.250. The summed E-state index contributed by atoms with van der Waals surface area (Å²) in [5, 5.41) is 7.21. The van der Waals surface area contributed by atoms with E-state index in [2.05, 4.69) is 10.5 Å². The van der Waals surface area contributed by atoms with Crippen molar-refractivity contribution in [2.45, 2.75) is 19.5 Å². The quantitative estimate of drug-likeness (QED) is 0.865. The van der Waals surface area contributed by atoms with E-state index in [1.165, 1.54) is 12.1 Å². The van der Waals surface area contributed by atoms with Gasteiger partial charge in [-0.1, -0.05) is 28.4 Å². The topological polar surface area (TPSA) is 38.1 Å². The minimum absolute atomic E-state index is 0.0196. The van der Waals surface area contributed by atoms with Crippen LogP contribution in [0.5, 0.6) is 0 Å². The van der Waals surface area contributed by atoms with Crippen molar-refractivity contribution in [1.29, 1.82) is 0 Å². The van der Waals surface area contributed by atoms with Gasteiger partial charge in [0.2, 0.25) is 0 Å². The van der Waals surface area contributed by atoms with Gasteiger partial charge in [0.05, 0.1) is 17.8 Å². The highest BCUT2D eigenvalue weighted by atomic mass is 35.5. The first-order valence-electron chi connectivity index (χ1n) is 5.35. The molecule has 0 saturated heterocycles. The van der Waals surface area contributed by atoms with Crippen molar-refractivity contribution in [2.75, 3.05) is 0 Å². The lowest BCUT2D eigenvalue weighted by Gasteiger charge is -2.15. The van der Waals surface area contributed by atoms with Crippen LogP contribution in [0.2, 0.25) is 10.0 Å². The molecule has 0 aliphatic heterocycles. The molecule has 1 heterocycles. The van der Waals surface area contributed by atoms with Crippen LogP contribution in [0.4, 0.5) is 4.39 Å². The molecule has 0 fully saturated rings. The smallest absolute Gasteiger partial charge is 0.150 e. The van der Waals surface area contributed by atoms with Gasteiger partial charge in [0.25, 0.3) is 0 Å². The van der Waals surface area contributed by atoms with Crippen LogP contribution in [0.1, 0.15) is 24.3 Å². The fourth-order valence-corrected chi connectivity index (χ4v) is 2.11. The SMILES string of the molecule is CC(NCc1ccno1)c1cc(F)c(Cl)cc1Cl. The van der Waals surface area contributed by atoms with Crippen molar-refractivity contribution in [2.24, 2.45) is 0 Å². The van der Waals surface area contributed by atoms with Crippen LogP contribution in [-0.4, -0.2) is 5.16 Å². The van der Waals surface area contributed by atoms with Gasteiger partial charge in [0.1, 0.15) is 11.6 Å². The standard InChI is InChI=1S/C12H11Cl2FN2O/c1-7(16-6-8-2-3-17-18-8)9-4-12(15)11(14)5-10(9)13/h2-5,7,16H,6H2,1H3. The maximum atomic E-state index is 13.4. The Morgan fingerprint density at radius 2 is 2.17 bits per heavy atom. The summed E-state index contributed by atoms with van der Waals surface area (Å²) >= 11 is 11.7. The van der Waals surface area contributed by atoms with Gasteiger partial charge in [0, 0.05) is 17.1 Å². The second-order valence-corrected chi connectivity index (χ2v) is 4.68. The summed E-state index contributed by atoms with van der Waals surface area (Å²) in [6.45, 7) is 2.37. The zero-order valence-electron chi connectivity index (χ0n) is 9.58. The Labute approximate surface area is 114 Å². The summed E-state index contributed by atoms with van der Waals surface area (Å²) in [4.78, 5) is 0. The Kier molecular flexibility index (Phi) is 4.22. The van der Waals surface area contributed by atoms with Gasteiger partial charge in [-0.05, 0) is 24.6 Å². The second kappa shape index (κ2) is 5.69. The lowest BCUT2D eigenvalue weighted by atomic mass is 10.1. The summed E-state index contributed by atoms with van der Waals surface area (Å²) in [6, 6.07) is 4.36. The summed E-state index contributed by atoms with van der Waals surface area (Å²) in [6.07, 6.45) is 1.57.